The number of nitrogens with one attached hydrogen (secondary N) is 4. The number of carboxylic acids is 1. The summed E-state index contributed by atoms with van der Waals surface area (Å²) in [7, 11) is 0. The first-order valence-corrected chi connectivity index (χ1v) is 12.8. The third-order valence-electron chi connectivity index (χ3n) is 6.56. The minimum atomic E-state index is -1.15. The lowest BCUT2D eigenvalue weighted by Gasteiger charge is -2.20. The van der Waals surface area contributed by atoms with Gasteiger partial charge in [0.15, 0.2) is 0 Å². The molecule has 0 unspecified atom stereocenters. The fraction of sp³-hybridized carbons (Fsp3) is 0.233. The van der Waals surface area contributed by atoms with Crippen LogP contribution in [0.3, 0.4) is 0 Å². The Labute approximate surface area is 226 Å². The van der Waals surface area contributed by atoms with Crippen molar-refractivity contribution >= 4 is 40.1 Å². The van der Waals surface area contributed by atoms with Gasteiger partial charge < -0.3 is 31.8 Å². The predicted octanol–water partition coefficient (Wildman–Crippen LogP) is 3.41. The molecular formula is C30H33N5O4. The van der Waals surface area contributed by atoms with Gasteiger partial charge in [0.1, 0.15) is 12.1 Å². The second-order valence-corrected chi connectivity index (χ2v) is 9.66. The molecule has 0 fully saturated rings. The number of para-hydroxylation sites is 1. The van der Waals surface area contributed by atoms with E-state index in [0.717, 1.165) is 33.4 Å². The summed E-state index contributed by atoms with van der Waals surface area (Å²) in [6.07, 6.45) is 2.21. The van der Waals surface area contributed by atoms with Crippen molar-refractivity contribution in [2.24, 2.45) is 5.73 Å². The zero-order valence-corrected chi connectivity index (χ0v) is 21.9. The van der Waals surface area contributed by atoms with Gasteiger partial charge in [0.05, 0.1) is 17.2 Å². The number of carbonyl (C=O) groups excluding carboxylic acids is 2. The molecule has 1 heterocycles. The van der Waals surface area contributed by atoms with Gasteiger partial charge in [-0.05, 0) is 49.6 Å². The van der Waals surface area contributed by atoms with Gasteiger partial charge in [0.25, 0.3) is 0 Å². The molecule has 3 atom stereocenters. The lowest BCUT2D eigenvalue weighted by Crippen LogP contribution is -2.54. The Hall–Kier alpha value is -4.63. The van der Waals surface area contributed by atoms with Crippen LogP contribution < -0.4 is 21.7 Å². The van der Waals surface area contributed by atoms with Crippen LogP contribution in [0.15, 0.2) is 79.0 Å². The number of H-pyrrole nitrogens is 1. The van der Waals surface area contributed by atoms with Crippen molar-refractivity contribution in [1.82, 2.24) is 15.6 Å². The number of aliphatic carboxylic acids is 1. The predicted molar refractivity (Wildman–Crippen MR) is 152 cm³/mol. The fourth-order valence-corrected chi connectivity index (χ4v) is 4.34. The number of hydrogen-bond acceptors (Lipinski definition) is 5. The topological polar surface area (TPSA) is 149 Å². The molecule has 1 aromatic heterocycles. The summed E-state index contributed by atoms with van der Waals surface area (Å²) in [6.45, 7) is 3.53. The second-order valence-electron chi connectivity index (χ2n) is 9.66. The molecule has 0 saturated heterocycles. The Morgan fingerprint density at radius 3 is 2.31 bits per heavy atom. The standard InChI is InChI=1S/C30H33N5O4/c1-18-11-13-22(14-12-18)34-25-10-6-9-23-21(17-32-27(23)25)16-24(31)29(37)33-19(2)28(36)35-26(30(38)39)15-20-7-4-3-5-8-20/h3-14,17,19,24,26,32,34H,15-16,31H2,1-2H3,(H,33,37)(H,35,36)(H,38,39)/t19-,24-,26-/m0/s1. The fourth-order valence-electron chi connectivity index (χ4n) is 4.34. The summed E-state index contributed by atoms with van der Waals surface area (Å²) in [5.41, 5.74) is 11.8. The average molecular weight is 528 g/mol. The van der Waals surface area contributed by atoms with Crippen LogP contribution in [0, 0.1) is 6.92 Å². The molecule has 0 spiro atoms. The number of benzene rings is 3. The van der Waals surface area contributed by atoms with E-state index in [1.54, 1.807) is 24.3 Å². The van der Waals surface area contributed by atoms with Gasteiger partial charge in [-0.2, -0.15) is 0 Å². The second kappa shape index (κ2) is 12.3. The maximum Gasteiger partial charge on any atom is 0.326 e. The minimum Gasteiger partial charge on any atom is -0.480 e. The number of carboxylic acid groups (broad SMARTS) is 1. The zero-order valence-electron chi connectivity index (χ0n) is 21.9. The van der Waals surface area contributed by atoms with Crippen LogP contribution in [-0.2, 0) is 27.2 Å². The lowest BCUT2D eigenvalue weighted by molar-refractivity contribution is -0.142. The molecule has 4 rings (SSSR count). The first-order valence-electron chi connectivity index (χ1n) is 12.8. The van der Waals surface area contributed by atoms with E-state index in [4.69, 9.17) is 5.73 Å². The van der Waals surface area contributed by atoms with E-state index in [-0.39, 0.29) is 12.8 Å². The number of hydrogen-bond donors (Lipinski definition) is 6. The van der Waals surface area contributed by atoms with Crippen LogP contribution in [-0.4, -0.2) is 46.0 Å². The molecule has 0 bridgehead atoms. The third kappa shape index (κ3) is 7.03. The molecule has 3 aromatic carbocycles. The van der Waals surface area contributed by atoms with E-state index in [1.807, 2.05) is 61.7 Å². The number of carbonyl (C=O) groups is 3. The highest BCUT2D eigenvalue weighted by Gasteiger charge is 2.26. The maximum atomic E-state index is 12.8. The lowest BCUT2D eigenvalue weighted by atomic mass is 10.0. The first-order chi connectivity index (χ1) is 18.7. The number of aryl methyl sites for hydroxylation is 1. The van der Waals surface area contributed by atoms with Gasteiger partial charge in [-0.15, -0.1) is 0 Å². The highest BCUT2D eigenvalue weighted by Crippen LogP contribution is 2.28. The highest BCUT2D eigenvalue weighted by molar-refractivity contribution is 5.96. The summed E-state index contributed by atoms with van der Waals surface area (Å²) in [5.74, 6) is -2.26. The van der Waals surface area contributed by atoms with E-state index in [1.165, 1.54) is 12.5 Å². The molecule has 0 aliphatic rings. The minimum absolute atomic E-state index is 0.128. The molecule has 202 valence electrons. The van der Waals surface area contributed by atoms with E-state index >= 15 is 0 Å². The molecule has 0 radical (unpaired) electrons. The largest absolute Gasteiger partial charge is 0.480 e. The van der Waals surface area contributed by atoms with Gasteiger partial charge in [-0.1, -0.05) is 60.2 Å². The summed E-state index contributed by atoms with van der Waals surface area (Å²) in [6, 6.07) is 20.0. The van der Waals surface area contributed by atoms with Gasteiger partial charge >= 0.3 is 5.97 Å². The van der Waals surface area contributed by atoms with Crippen molar-refractivity contribution in [2.75, 3.05) is 5.32 Å². The Balaban J connectivity index is 1.36. The number of anilines is 2. The molecule has 4 aromatic rings. The monoisotopic (exact) mass is 527 g/mol. The van der Waals surface area contributed by atoms with E-state index in [9.17, 15) is 19.5 Å². The van der Waals surface area contributed by atoms with Crippen molar-refractivity contribution in [3.8, 4) is 0 Å². The average Bonchev–Trinajstić information content (AvgIpc) is 3.33. The molecule has 7 N–H and O–H groups in total. The van der Waals surface area contributed by atoms with Gasteiger partial charge in [-0.25, -0.2) is 4.79 Å². The first kappa shape index (κ1) is 27.4. The van der Waals surface area contributed by atoms with Crippen LogP contribution in [0.25, 0.3) is 10.9 Å². The number of aromatic nitrogens is 1. The molecule has 9 nitrogen and oxygen atoms in total. The Kier molecular flexibility index (Phi) is 8.63. The summed E-state index contributed by atoms with van der Waals surface area (Å²) in [5, 5.41) is 19.0. The number of rotatable bonds is 11. The highest BCUT2D eigenvalue weighted by atomic mass is 16.4. The van der Waals surface area contributed by atoms with Crippen molar-refractivity contribution in [3.05, 3.63) is 95.7 Å². The summed E-state index contributed by atoms with van der Waals surface area (Å²) < 4.78 is 0. The number of nitrogens with two attached hydrogens (primary N) is 1. The maximum absolute atomic E-state index is 12.8. The molecular weight excluding hydrogens is 494 g/mol. The number of aromatic amines is 1. The van der Waals surface area contributed by atoms with Crippen LogP contribution in [0.1, 0.15) is 23.6 Å². The molecule has 0 saturated carbocycles. The normalized spacial score (nSPS) is 13.3. The third-order valence-corrected chi connectivity index (χ3v) is 6.56. The van der Waals surface area contributed by atoms with E-state index in [0.29, 0.717) is 0 Å². The Bertz CT molecular complexity index is 1450. The van der Waals surface area contributed by atoms with Crippen LogP contribution >= 0.6 is 0 Å². The van der Waals surface area contributed by atoms with E-state index < -0.39 is 35.9 Å². The van der Waals surface area contributed by atoms with Crippen LogP contribution in [0.2, 0.25) is 0 Å². The number of fused-ring (bicyclic) bond motifs is 1. The SMILES string of the molecule is Cc1ccc(Nc2cccc3c(C[C@H](N)C(=O)N[C@@H](C)C(=O)N[C@@H](Cc4ccccc4)C(=O)O)c[nH]c23)cc1. The smallest absolute Gasteiger partial charge is 0.326 e. The molecule has 2 amide bonds. The van der Waals surface area contributed by atoms with E-state index in [2.05, 4.69) is 20.9 Å². The molecule has 39 heavy (non-hydrogen) atoms. The summed E-state index contributed by atoms with van der Waals surface area (Å²) >= 11 is 0. The summed E-state index contributed by atoms with van der Waals surface area (Å²) in [4.78, 5) is 40.4. The molecule has 0 aliphatic carbocycles. The van der Waals surface area contributed by atoms with Gasteiger partial charge in [-0.3, -0.25) is 9.59 Å². The van der Waals surface area contributed by atoms with Crippen molar-refractivity contribution < 1.29 is 19.5 Å². The molecule has 0 aliphatic heterocycles. The van der Waals surface area contributed by atoms with Crippen LogP contribution in [0.4, 0.5) is 11.4 Å². The van der Waals surface area contributed by atoms with Gasteiger partial charge in [0.2, 0.25) is 11.8 Å². The van der Waals surface area contributed by atoms with Gasteiger partial charge in [0, 0.05) is 23.7 Å². The van der Waals surface area contributed by atoms with Crippen molar-refractivity contribution in [1.29, 1.82) is 0 Å². The quantitative estimate of drug-likeness (QED) is 0.176. The Morgan fingerprint density at radius 1 is 0.897 bits per heavy atom. The van der Waals surface area contributed by atoms with Crippen molar-refractivity contribution in [2.45, 2.75) is 44.8 Å². The zero-order chi connectivity index (χ0) is 27.9. The Morgan fingerprint density at radius 2 is 1.62 bits per heavy atom. The molecule has 9 heteroatoms. The van der Waals surface area contributed by atoms with Crippen LogP contribution in [0.5, 0.6) is 0 Å². The van der Waals surface area contributed by atoms with Crippen molar-refractivity contribution in [3.63, 3.8) is 0 Å². The number of amides is 2.